The molecule has 1 saturated heterocycles. The summed E-state index contributed by atoms with van der Waals surface area (Å²) in [6, 6.07) is 20.7. The highest BCUT2D eigenvalue weighted by molar-refractivity contribution is 6.34. The third-order valence-electron chi connectivity index (χ3n) is 7.59. The molecule has 46 heavy (non-hydrogen) atoms. The van der Waals surface area contributed by atoms with Crippen LogP contribution in [-0.4, -0.2) is 67.7 Å². The monoisotopic (exact) mass is 642 g/mol. The Kier molecular flexibility index (Phi) is 11.4. The zero-order valence-corrected chi connectivity index (χ0v) is 26.6. The molecule has 0 spiro atoms. The van der Waals surface area contributed by atoms with Crippen LogP contribution in [0.25, 0.3) is 11.1 Å². The lowest BCUT2D eigenvalue weighted by Crippen LogP contribution is -2.37. The van der Waals surface area contributed by atoms with Gasteiger partial charge in [0, 0.05) is 30.8 Å². The number of methoxy groups -OCH3 is 1. The first-order chi connectivity index (χ1) is 22.5. The summed E-state index contributed by atoms with van der Waals surface area (Å²) in [7, 11) is 1.39. The molecule has 0 amide bonds. The molecule has 0 radical (unpaired) electrons. The number of nitrogens with zero attached hydrogens (tertiary/aromatic N) is 4. The predicted molar refractivity (Wildman–Crippen MR) is 173 cm³/mol. The van der Waals surface area contributed by atoms with E-state index in [1.165, 1.54) is 7.11 Å². The molecule has 0 saturated carbocycles. The Labute approximate surface area is 273 Å². The largest absolute Gasteiger partial charge is 0.493 e. The number of ether oxygens (including phenoxy) is 5. The molecule has 2 heterocycles. The second kappa shape index (κ2) is 16.0. The van der Waals surface area contributed by atoms with E-state index in [-0.39, 0.29) is 36.5 Å². The van der Waals surface area contributed by atoms with E-state index in [9.17, 15) is 10.1 Å². The van der Waals surface area contributed by atoms with Gasteiger partial charge in [0.25, 0.3) is 0 Å². The average molecular weight is 643 g/mol. The lowest BCUT2D eigenvalue weighted by atomic mass is 9.98. The van der Waals surface area contributed by atoms with Gasteiger partial charge in [0.15, 0.2) is 6.29 Å². The van der Waals surface area contributed by atoms with Gasteiger partial charge < -0.3 is 23.7 Å². The van der Waals surface area contributed by atoms with Crippen molar-refractivity contribution < 1.29 is 28.5 Å². The van der Waals surface area contributed by atoms with Gasteiger partial charge >= 0.3 is 6.01 Å². The van der Waals surface area contributed by atoms with Crippen molar-refractivity contribution in [3.8, 4) is 40.7 Å². The van der Waals surface area contributed by atoms with Gasteiger partial charge in [-0.2, -0.15) is 15.2 Å². The number of carbonyl (C=O) groups excluding carboxylic acids is 1. The Balaban J connectivity index is 1.28. The first kappa shape index (κ1) is 32.7. The summed E-state index contributed by atoms with van der Waals surface area (Å²) in [6.07, 6.45) is 1.49. The van der Waals surface area contributed by atoms with Gasteiger partial charge in [0.1, 0.15) is 24.5 Å². The van der Waals surface area contributed by atoms with Crippen LogP contribution in [0.1, 0.15) is 39.0 Å². The minimum Gasteiger partial charge on any atom is -0.493 e. The molecule has 1 aromatic heterocycles. The number of nitriles is 1. The summed E-state index contributed by atoms with van der Waals surface area (Å²) in [5.41, 5.74) is 4.79. The molecule has 5 rings (SSSR count). The summed E-state index contributed by atoms with van der Waals surface area (Å²) in [5.74, 6) is 0.828. The molecule has 0 unspecified atom stereocenters. The standard InChI is InChI=1S/C35H35ClN4O6/c1-24-28(10-5-12-31(24)44-16-6-13-40-14-17-43-18-15-40)29-11-4-9-27(32(29)36)23-46-35-38-33(42-2)30(21-41)34(39-35)45-22-26-8-3-7-25(19-26)20-37/h3-5,7-12,19,21H,6,13-18,22-23H2,1-2H3. The number of hydrogen-bond acceptors (Lipinski definition) is 10. The van der Waals surface area contributed by atoms with Crippen molar-refractivity contribution in [3.05, 3.63) is 93.5 Å². The first-order valence-electron chi connectivity index (χ1n) is 15.0. The zero-order chi connectivity index (χ0) is 32.3. The molecule has 0 atom stereocenters. The minimum atomic E-state index is -0.0478. The number of halogens is 1. The number of hydrogen-bond donors (Lipinski definition) is 0. The van der Waals surface area contributed by atoms with Crippen molar-refractivity contribution in [2.24, 2.45) is 0 Å². The van der Waals surface area contributed by atoms with Crippen molar-refractivity contribution in [1.29, 1.82) is 5.26 Å². The van der Waals surface area contributed by atoms with Crippen molar-refractivity contribution in [3.63, 3.8) is 0 Å². The summed E-state index contributed by atoms with van der Waals surface area (Å²) in [6.45, 7) is 7.25. The van der Waals surface area contributed by atoms with Gasteiger partial charge in [-0.05, 0) is 48.2 Å². The Morgan fingerprint density at radius 3 is 2.52 bits per heavy atom. The number of rotatable bonds is 14. The van der Waals surface area contributed by atoms with Crippen LogP contribution in [0.2, 0.25) is 5.02 Å². The molecule has 0 aliphatic carbocycles. The third-order valence-corrected chi connectivity index (χ3v) is 8.03. The van der Waals surface area contributed by atoms with E-state index in [4.69, 9.17) is 35.3 Å². The molecule has 4 aromatic rings. The van der Waals surface area contributed by atoms with Crippen molar-refractivity contribution in [2.75, 3.05) is 46.6 Å². The van der Waals surface area contributed by atoms with E-state index >= 15 is 0 Å². The highest BCUT2D eigenvalue weighted by Gasteiger charge is 2.19. The van der Waals surface area contributed by atoms with Gasteiger partial charge in [-0.25, -0.2) is 0 Å². The fourth-order valence-corrected chi connectivity index (χ4v) is 5.41. The van der Waals surface area contributed by atoms with E-state index in [2.05, 4.69) is 20.9 Å². The molecule has 11 heteroatoms. The van der Waals surface area contributed by atoms with Crippen LogP contribution >= 0.6 is 11.6 Å². The second-order valence-electron chi connectivity index (χ2n) is 10.6. The molecule has 238 valence electrons. The minimum absolute atomic E-state index is 0.00329. The fraction of sp³-hybridized carbons (Fsp3) is 0.314. The highest BCUT2D eigenvalue weighted by atomic mass is 35.5. The van der Waals surface area contributed by atoms with E-state index in [0.29, 0.717) is 29.0 Å². The summed E-state index contributed by atoms with van der Waals surface area (Å²) in [4.78, 5) is 22.8. The van der Waals surface area contributed by atoms with Crippen molar-refractivity contribution >= 4 is 17.9 Å². The van der Waals surface area contributed by atoms with Crippen LogP contribution < -0.4 is 18.9 Å². The van der Waals surface area contributed by atoms with Gasteiger partial charge in [-0.15, -0.1) is 0 Å². The molecule has 0 N–H and O–H groups in total. The second-order valence-corrected chi connectivity index (χ2v) is 11.0. The van der Waals surface area contributed by atoms with E-state index < -0.39 is 0 Å². The Bertz CT molecular complexity index is 1700. The van der Waals surface area contributed by atoms with Crippen molar-refractivity contribution in [1.82, 2.24) is 14.9 Å². The number of benzene rings is 3. The molecule has 0 bridgehead atoms. The maximum atomic E-state index is 11.9. The molecule has 1 aliphatic heterocycles. The number of morpholine rings is 1. The van der Waals surface area contributed by atoms with E-state index in [1.54, 1.807) is 18.2 Å². The predicted octanol–water partition coefficient (Wildman–Crippen LogP) is 6.06. The van der Waals surface area contributed by atoms with Crippen molar-refractivity contribution in [2.45, 2.75) is 26.6 Å². The molecule has 1 aliphatic rings. The maximum Gasteiger partial charge on any atom is 0.323 e. The summed E-state index contributed by atoms with van der Waals surface area (Å²) in [5, 5.41) is 9.71. The van der Waals surface area contributed by atoms with Gasteiger partial charge in [0.05, 0.1) is 43.6 Å². The van der Waals surface area contributed by atoms with Crippen LogP contribution in [-0.2, 0) is 18.0 Å². The quantitative estimate of drug-likeness (QED) is 0.119. The number of carbonyl (C=O) groups is 1. The van der Waals surface area contributed by atoms with E-state index in [1.807, 2.05) is 49.4 Å². The molecular formula is C35H35ClN4O6. The lowest BCUT2D eigenvalue weighted by Gasteiger charge is -2.26. The molecule has 10 nitrogen and oxygen atoms in total. The number of aldehydes is 1. The highest BCUT2D eigenvalue weighted by Crippen LogP contribution is 2.36. The first-order valence-corrected chi connectivity index (χ1v) is 15.3. The van der Waals surface area contributed by atoms with Crippen LogP contribution in [0, 0.1) is 18.3 Å². The smallest absolute Gasteiger partial charge is 0.323 e. The SMILES string of the molecule is COc1nc(OCc2cccc(-c3cccc(OCCCN4CCOCC4)c3C)c2Cl)nc(OCc2cccc(C#N)c2)c1C=O. The molecule has 3 aromatic carbocycles. The van der Waals surface area contributed by atoms with E-state index in [0.717, 1.165) is 67.3 Å². The topological polar surface area (TPSA) is 116 Å². The van der Waals surface area contributed by atoms with Gasteiger partial charge in [0.2, 0.25) is 11.8 Å². The summed E-state index contributed by atoms with van der Waals surface area (Å²) >= 11 is 6.93. The van der Waals surface area contributed by atoms with Gasteiger partial charge in [-0.1, -0.05) is 54.1 Å². The normalized spacial score (nSPS) is 13.1. The fourth-order valence-electron chi connectivity index (χ4n) is 5.12. The van der Waals surface area contributed by atoms with Gasteiger partial charge in [-0.3, -0.25) is 9.69 Å². The number of aromatic nitrogens is 2. The Morgan fingerprint density at radius 1 is 0.978 bits per heavy atom. The molecular weight excluding hydrogens is 608 g/mol. The van der Waals surface area contributed by atoms with Crippen LogP contribution in [0.3, 0.4) is 0 Å². The van der Waals surface area contributed by atoms with Crippen LogP contribution in [0.5, 0.6) is 23.5 Å². The summed E-state index contributed by atoms with van der Waals surface area (Å²) < 4.78 is 28.7. The average Bonchev–Trinajstić information content (AvgIpc) is 3.09. The third kappa shape index (κ3) is 8.12. The van der Waals surface area contributed by atoms with Crippen LogP contribution in [0.4, 0.5) is 0 Å². The lowest BCUT2D eigenvalue weighted by molar-refractivity contribution is 0.0358. The molecule has 1 fully saturated rings. The zero-order valence-electron chi connectivity index (χ0n) is 25.8. The Hall–Kier alpha value is -4.69. The van der Waals surface area contributed by atoms with Crippen LogP contribution in [0.15, 0.2) is 60.7 Å². The maximum absolute atomic E-state index is 11.9. The Morgan fingerprint density at radius 2 is 1.74 bits per heavy atom.